The van der Waals surface area contributed by atoms with Crippen molar-refractivity contribution in [1.82, 2.24) is 24.9 Å². The molecule has 10 heteroatoms. The molecule has 0 spiro atoms. The van der Waals surface area contributed by atoms with Crippen LogP contribution in [-0.2, 0) is 10.1 Å². The Morgan fingerprint density at radius 3 is 1.49 bits per heavy atom. The number of fused-ring (bicyclic) bond motifs is 8. The van der Waals surface area contributed by atoms with Gasteiger partial charge in [-0.2, -0.15) is 8.42 Å². The first kappa shape index (κ1) is 24.3. The lowest BCUT2D eigenvalue weighted by atomic mass is 10.3. The minimum atomic E-state index is -4.11. The molecule has 35 heavy (non-hydrogen) atoms. The number of nitrogens with zero attached hydrogens (tertiary/aromatic N) is 3. The summed E-state index contributed by atoms with van der Waals surface area (Å²) in [5.74, 6) is 0. The third-order valence-electron chi connectivity index (χ3n) is 4.94. The monoisotopic (exact) mass is 496 g/mol. The van der Waals surface area contributed by atoms with E-state index in [0.717, 1.165) is 44.8 Å². The van der Waals surface area contributed by atoms with Gasteiger partial charge in [0.05, 0.1) is 22.8 Å². The van der Waals surface area contributed by atoms with E-state index in [9.17, 15) is 8.42 Å². The number of aromatic amines is 2. The Kier molecular flexibility index (Phi) is 7.10. The zero-order chi connectivity index (χ0) is 23.5. The van der Waals surface area contributed by atoms with Gasteiger partial charge in [-0.1, -0.05) is 6.07 Å². The van der Waals surface area contributed by atoms with Gasteiger partial charge in [0.2, 0.25) is 0 Å². The van der Waals surface area contributed by atoms with Gasteiger partial charge in [-0.25, -0.2) is 15.0 Å². The fourth-order valence-corrected chi connectivity index (χ4v) is 3.89. The fourth-order valence-electron chi connectivity index (χ4n) is 3.44. The van der Waals surface area contributed by atoms with Gasteiger partial charge in [0.15, 0.2) is 5.03 Å². The number of aromatic nitrogens is 5. The first-order valence-corrected chi connectivity index (χ1v) is 11.8. The molecule has 0 aliphatic carbocycles. The lowest BCUT2D eigenvalue weighted by Gasteiger charge is -1.91. The molecule has 4 aromatic rings. The number of rotatable bonds is 1. The van der Waals surface area contributed by atoms with Crippen LogP contribution in [0.25, 0.3) is 46.4 Å². The summed E-state index contributed by atoms with van der Waals surface area (Å²) in [5.41, 5.74) is 7.86. The highest BCUT2D eigenvalue weighted by Crippen LogP contribution is 2.17. The molecule has 0 fully saturated rings. The van der Waals surface area contributed by atoms with E-state index in [4.69, 9.17) is 4.55 Å². The van der Waals surface area contributed by atoms with Crippen molar-refractivity contribution in [2.75, 3.05) is 0 Å². The first-order chi connectivity index (χ1) is 16.4. The van der Waals surface area contributed by atoms with Crippen molar-refractivity contribution in [3.63, 3.8) is 0 Å². The maximum absolute atomic E-state index is 10.3. The summed E-state index contributed by atoms with van der Waals surface area (Å²) < 4.78 is 29.1. The van der Waals surface area contributed by atoms with Crippen LogP contribution in [0.2, 0.25) is 0 Å². The Balaban J connectivity index is 0.000000224. The number of nitrogens with one attached hydrogen (secondary N) is 2. The van der Waals surface area contributed by atoms with E-state index in [-0.39, 0.29) is 22.4 Å². The molecule has 0 saturated carbocycles. The van der Waals surface area contributed by atoms with E-state index < -0.39 is 10.1 Å². The van der Waals surface area contributed by atoms with Crippen molar-refractivity contribution in [3.8, 4) is 0 Å². The standard InChI is InChI=1S/C20H14N4.C5H5NO3S.Al/c1-2-14-10-16-5-6-18(23-16)12-20-8-7-19(24-20)11-17-4-3-15(22-17)9-13(1)21-14;7-10(8,9)5-3-1-2-4-6-5;/h1-12,21-22H;1-4H,(H,7,8,9);. The Hall–Kier alpha value is -3.81. The van der Waals surface area contributed by atoms with Crippen LogP contribution in [0.4, 0.5) is 0 Å². The summed E-state index contributed by atoms with van der Waals surface area (Å²) in [6.07, 6.45) is 9.34. The van der Waals surface area contributed by atoms with E-state index >= 15 is 0 Å². The number of pyridine rings is 1. The third-order valence-corrected chi connectivity index (χ3v) is 5.71. The molecular weight excluding hydrogens is 477 g/mol. The molecule has 2 aliphatic rings. The second-order valence-electron chi connectivity index (χ2n) is 7.55. The summed E-state index contributed by atoms with van der Waals surface area (Å²) in [4.78, 5) is 19.4. The Morgan fingerprint density at radius 2 is 1.09 bits per heavy atom. The van der Waals surface area contributed by atoms with Gasteiger partial charge >= 0.3 is 10.1 Å². The molecule has 3 radical (unpaired) electrons. The number of hydrogen-bond donors (Lipinski definition) is 3. The van der Waals surface area contributed by atoms with E-state index in [0.29, 0.717) is 0 Å². The molecular formula is C25H19AlN5O3S. The second-order valence-corrected chi connectivity index (χ2v) is 8.92. The summed E-state index contributed by atoms with van der Waals surface area (Å²) in [6, 6.07) is 20.7. The highest BCUT2D eigenvalue weighted by Gasteiger charge is 2.08. The molecule has 6 rings (SSSR count). The second kappa shape index (κ2) is 10.2. The van der Waals surface area contributed by atoms with E-state index in [2.05, 4.69) is 55.3 Å². The highest BCUT2D eigenvalue weighted by molar-refractivity contribution is 7.85. The smallest absolute Gasteiger partial charge is 0.312 e. The van der Waals surface area contributed by atoms with Gasteiger partial charge in [0.25, 0.3) is 0 Å². The molecule has 4 aromatic heterocycles. The maximum atomic E-state index is 10.3. The van der Waals surface area contributed by atoms with E-state index in [1.807, 2.05) is 42.5 Å². The molecule has 0 atom stereocenters. The normalized spacial score (nSPS) is 11.9. The number of hydrogen-bond acceptors (Lipinski definition) is 5. The van der Waals surface area contributed by atoms with Crippen LogP contribution < -0.4 is 0 Å². The van der Waals surface area contributed by atoms with Crippen LogP contribution in [0.3, 0.4) is 0 Å². The lowest BCUT2D eigenvalue weighted by Crippen LogP contribution is -1.99. The maximum Gasteiger partial charge on any atom is 0.312 e. The van der Waals surface area contributed by atoms with Crippen molar-refractivity contribution in [2.45, 2.75) is 5.03 Å². The molecule has 0 saturated heterocycles. The van der Waals surface area contributed by atoms with Gasteiger partial charge in [0.1, 0.15) is 0 Å². The fraction of sp³-hybridized carbons (Fsp3) is 0. The van der Waals surface area contributed by atoms with Gasteiger partial charge in [-0.05, 0) is 85.0 Å². The summed E-state index contributed by atoms with van der Waals surface area (Å²) in [5, 5.41) is -0.324. The first-order valence-electron chi connectivity index (χ1n) is 10.3. The number of H-pyrrole nitrogens is 2. The van der Waals surface area contributed by atoms with Crippen molar-refractivity contribution < 1.29 is 13.0 Å². The zero-order valence-electron chi connectivity index (χ0n) is 18.3. The average Bonchev–Trinajstić information content (AvgIpc) is 3.60. The van der Waals surface area contributed by atoms with Crippen LogP contribution in [0, 0.1) is 0 Å². The van der Waals surface area contributed by atoms with Crippen LogP contribution in [-0.4, -0.2) is 55.3 Å². The molecule has 8 bridgehead atoms. The summed E-state index contributed by atoms with van der Waals surface area (Å²) in [7, 11) is -4.11. The van der Waals surface area contributed by atoms with Gasteiger partial charge in [0, 0.05) is 45.6 Å². The van der Waals surface area contributed by atoms with Crippen LogP contribution >= 0.6 is 0 Å². The molecule has 3 N–H and O–H groups in total. The largest absolute Gasteiger partial charge is 0.355 e. The van der Waals surface area contributed by atoms with Gasteiger partial charge < -0.3 is 9.97 Å². The van der Waals surface area contributed by atoms with Crippen molar-refractivity contribution in [3.05, 3.63) is 95.7 Å². The Morgan fingerprint density at radius 1 is 0.629 bits per heavy atom. The van der Waals surface area contributed by atoms with Gasteiger partial charge in [-0.3, -0.25) is 4.55 Å². The van der Waals surface area contributed by atoms with Crippen LogP contribution in [0.15, 0.2) is 78.0 Å². The molecule has 0 unspecified atom stereocenters. The van der Waals surface area contributed by atoms with Crippen molar-refractivity contribution >= 4 is 73.9 Å². The van der Waals surface area contributed by atoms with E-state index in [1.165, 1.54) is 18.3 Å². The lowest BCUT2D eigenvalue weighted by molar-refractivity contribution is 0.479. The average molecular weight is 497 g/mol. The molecule has 8 nitrogen and oxygen atoms in total. The Bertz CT molecular complexity index is 1600. The predicted molar refractivity (Wildman–Crippen MR) is 139 cm³/mol. The summed E-state index contributed by atoms with van der Waals surface area (Å²) in [6.45, 7) is 0. The molecule has 171 valence electrons. The van der Waals surface area contributed by atoms with E-state index in [1.54, 1.807) is 6.07 Å². The quantitative estimate of drug-likeness (QED) is 0.226. The molecule has 0 amide bonds. The molecule has 6 heterocycles. The van der Waals surface area contributed by atoms with Crippen molar-refractivity contribution in [2.24, 2.45) is 0 Å². The van der Waals surface area contributed by atoms with Crippen molar-refractivity contribution in [1.29, 1.82) is 0 Å². The van der Waals surface area contributed by atoms with Gasteiger partial charge in [-0.15, -0.1) is 0 Å². The minimum absolute atomic E-state index is 0. The van der Waals surface area contributed by atoms with Crippen LogP contribution in [0.1, 0.15) is 22.8 Å². The summed E-state index contributed by atoms with van der Waals surface area (Å²) >= 11 is 0. The highest BCUT2D eigenvalue weighted by atomic mass is 32.2. The topological polar surface area (TPSA) is 125 Å². The predicted octanol–water partition coefficient (Wildman–Crippen LogP) is 4.60. The Labute approximate surface area is 212 Å². The molecule has 0 aromatic carbocycles. The minimum Gasteiger partial charge on any atom is -0.355 e. The zero-order valence-corrected chi connectivity index (χ0v) is 20.3. The van der Waals surface area contributed by atoms with Crippen LogP contribution in [0.5, 0.6) is 0 Å². The molecule has 2 aliphatic heterocycles. The SMILES string of the molecule is C1=Cc2cc3ccc(cc4ccc(cc5nc(cc1n2)C=C5)[nH]4)[nH]3.O=S(=O)(O)c1ccccn1.[Al]. The third kappa shape index (κ3) is 6.20.